The van der Waals surface area contributed by atoms with Crippen molar-refractivity contribution in [1.82, 2.24) is 5.06 Å². The molecule has 1 saturated heterocycles. The number of allylic oxidation sites excluding steroid dienone is 8. The van der Waals surface area contributed by atoms with Crippen LogP contribution in [0.2, 0.25) is 0 Å². The average Bonchev–Trinajstić information content (AvgIpc) is 3.76. The number of rotatable bonds is 23. The number of nitrogens with zero attached hydrogens (tertiary/aromatic N) is 3. The molecular weight excluding hydrogens is 967 g/mol. The minimum Gasteiger partial charge on any atom is -0.456 e. The van der Waals surface area contributed by atoms with Gasteiger partial charge in [0, 0.05) is 85.5 Å². The van der Waals surface area contributed by atoms with Gasteiger partial charge in [0.25, 0.3) is 32.1 Å². The number of carbonyl (C=O) groups is 3. The smallest absolute Gasteiger partial charge is 0.333 e. The number of anilines is 1. The summed E-state index contributed by atoms with van der Waals surface area (Å²) >= 11 is 0. The van der Waals surface area contributed by atoms with E-state index in [0.717, 1.165) is 33.5 Å². The summed E-state index contributed by atoms with van der Waals surface area (Å²) in [7, 11) is -7.35. The SMILES string of the molecule is COCCOCCOCCN1c2cc3c(cc2C(C)=CC1(C)C)C(=CC=CC=CC1=[N+](CCCS(=O)(=O)O)c2ccc(S(=O)(=O)O)cc2C1(C)CCCC(=O)ON1C(=O)CCC1=O)C=C(c1ccccc1)O3. The summed E-state index contributed by atoms with van der Waals surface area (Å²) in [5, 5.41) is 0.479. The molecule has 4 heterocycles. The molecule has 3 aromatic carbocycles. The minimum atomic E-state index is -4.66. The molecule has 3 aromatic rings. The van der Waals surface area contributed by atoms with E-state index in [9.17, 15) is 40.3 Å². The molecule has 1 fully saturated rings. The van der Waals surface area contributed by atoms with E-state index in [1.54, 1.807) is 13.2 Å². The van der Waals surface area contributed by atoms with E-state index in [1.807, 2.05) is 72.2 Å². The Balaban J connectivity index is 1.21. The summed E-state index contributed by atoms with van der Waals surface area (Å²) < 4.78 is 93.4. The van der Waals surface area contributed by atoms with Gasteiger partial charge < -0.3 is 28.7 Å². The molecule has 0 saturated carbocycles. The third-order valence-corrected chi connectivity index (χ3v) is 14.7. The van der Waals surface area contributed by atoms with Crippen LogP contribution in [0.15, 0.2) is 108 Å². The van der Waals surface area contributed by atoms with Gasteiger partial charge in [0.05, 0.1) is 54.6 Å². The summed E-state index contributed by atoms with van der Waals surface area (Å²) in [4.78, 5) is 44.2. The maximum absolute atomic E-state index is 12.9. The number of hydrogen-bond acceptors (Lipinski definition) is 13. The van der Waals surface area contributed by atoms with Gasteiger partial charge >= 0.3 is 5.97 Å². The maximum atomic E-state index is 12.9. The number of ether oxygens (including phenoxy) is 4. The van der Waals surface area contributed by atoms with E-state index in [2.05, 4.69) is 43.9 Å². The van der Waals surface area contributed by atoms with Gasteiger partial charge in [-0.1, -0.05) is 60.7 Å². The molecule has 17 nitrogen and oxygen atoms in total. The molecule has 2 amide bonds. The first-order chi connectivity index (χ1) is 34.2. The van der Waals surface area contributed by atoms with Gasteiger partial charge in [-0.3, -0.25) is 18.7 Å². The normalized spacial score (nSPS) is 19.2. The van der Waals surface area contributed by atoms with Crippen molar-refractivity contribution in [3.8, 4) is 5.75 Å². The molecule has 2 N–H and O–H groups in total. The Bertz CT molecular complexity index is 2980. The Morgan fingerprint density at radius 3 is 2.26 bits per heavy atom. The molecule has 0 aromatic heterocycles. The summed E-state index contributed by atoms with van der Waals surface area (Å²) in [5.74, 6) is -1.24. The monoisotopic (exact) mass is 1030 g/mol. The van der Waals surface area contributed by atoms with Crippen molar-refractivity contribution in [3.63, 3.8) is 0 Å². The molecule has 1 atom stereocenters. The number of benzene rings is 3. The highest BCUT2D eigenvalue weighted by Gasteiger charge is 2.48. The fraction of sp³-hybridized carbons (Fsp3) is 0.396. The quantitative estimate of drug-likeness (QED) is 0.0307. The number of carbonyl (C=O) groups excluding carboxylic acids is 3. The average molecular weight is 1030 g/mol. The number of hydroxylamine groups is 2. The van der Waals surface area contributed by atoms with Crippen molar-refractivity contribution >= 4 is 72.0 Å². The molecule has 0 bridgehead atoms. The maximum Gasteiger partial charge on any atom is 0.333 e. The third kappa shape index (κ3) is 12.8. The van der Waals surface area contributed by atoms with E-state index >= 15 is 0 Å². The van der Waals surface area contributed by atoms with Crippen molar-refractivity contribution in [1.29, 1.82) is 0 Å². The molecule has 4 aliphatic heterocycles. The molecule has 0 spiro atoms. The zero-order valence-corrected chi connectivity index (χ0v) is 42.8. The Kier molecular flexibility index (Phi) is 17.0. The van der Waals surface area contributed by atoms with Gasteiger partial charge in [0.15, 0.2) is 5.71 Å². The van der Waals surface area contributed by atoms with Gasteiger partial charge in [0.2, 0.25) is 5.69 Å². The molecule has 0 radical (unpaired) electrons. The largest absolute Gasteiger partial charge is 0.456 e. The van der Waals surface area contributed by atoms with E-state index in [0.29, 0.717) is 73.1 Å². The van der Waals surface area contributed by atoms with Crippen LogP contribution >= 0.6 is 0 Å². The molecule has 7 rings (SSSR count). The van der Waals surface area contributed by atoms with Gasteiger partial charge in [0.1, 0.15) is 18.1 Å². The Morgan fingerprint density at radius 1 is 0.861 bits per heavy atom. The summed E-state index contributed by atoms with van der Waals surface area (Å²) in [6.07, 6.45) is 13.6. The Morgan fingerprint density at radius 2 is 1.57 bits per heavy atom. The van der Waals surface area contributed by atoms with Crippen LogP contribution in [0.3, 0.4) is 0 Å². The van der Waals surface area contributed by atoms with Crippen LogP contribution in [0.25, 0.3) is 16.9 Å². The second-order valence-electron chi connectivity index (χ2n) is 18.6. The highest BCUT2D eigenvalue weighted by Crippen LogP contribution is 2.47. The zero-order valence-electron chi connectivity index (χ0n) is 41.2. The lowest BCUT2D eigenvalue weighted by molar-refractivity contribution is -0.437. The molecule has 1 unspecified atom stereocenters. The number of imide groups is 1. The number of methoxy groups -OCH3 is 1. The minimum absolute atomic E-state index is 0.00197. The van der Waals surface area contributed by atoms with Crippen molar-refractivity contribution in [2.24, 2.45) is 0 Å². The van der Waals surface area contributed by atoms with Crippen LogP contribution in [0.1, 0.15) is 88.5 Å². The van der Waals surface area contributed by atoms with Crippen LogP contribution in [0, 0.1) is 0 Å². The first-order valence-electron chi connectivity index (χ1n) is 23.8. The number of amides is 2. The second kappa shape index (κ2) is 22.8. The molecule has 72 heavy (non-hydrogen) atoms. The highest BCUT2D eigenvalue weighted by atomic mass is 32.2. The van der Waals surface area contributed by atoms with Crippen molar-refractivity contribution < 1.29 is 68.7 Å². The topological polar surface area (TPSA) is 216 Å². The lowest BCUT2D eigenvalue weighted by Gasteiger charge is -2.44. The highest BCUT2D eigenvalue weighted by molar-refractivity contribution is 7.86. The standard InChI is InChI=1S/C53H61N3O14S2/c1-37-36-52(2,3)55(25-26-67-29-30-68-28-27-66-5)45-35-47-42(34-41(37)45)39(32-46(69-47)38-14-8-6-9-15-38)16-10-7-11-17-48-53(4,23-12-18-51(59)70-56-49(57)21-22-50(56)58)43-33-40(72(63,64)65)19-20-44(43)54(48)24-13-31-71(60,61)62/h6-11,14-17,19-20,32-36H,12-13,18,21-31H2,1-5H3,(H-,60,61,62,63,64,65)/p+1. The fourth-order valence-corrected chi connectivity index (χ4v) is 10.6. The second-order valence-corrected chi connectivity index (χ2v) is 21.6. The van der Waals surface area contributed by atoms with E-state index in [-0.39, 0.29) is 55.5 Å². The van der Waals surface area contributed by atoms with Gasteiger partial charge in [-0.05, 0) is 76.0 Å². The van der Waals surface area contributed by atoms with Gasteiger partial charge in [-0.15, -0.1) is 5.06 Å². The van der Waals surface area contributed by atoms with Crippen molar-refractivity contribution in [3.05, 3.63) is 125 Å². The predicted molar refractivity (Wildman–Crippen MR) is 272 cm³/mol. The van der Waals surface area contributed by atoms with E-state index < -0.39 is 49.2 Å². The third-order valence-electron chi connectivity index (χ3n) is 13.0. The number of fused-ring (bicyclic) bond motifs is 3. The van der Waals surface area contributed by atoms with Crippen LogP contribution in [-0.4, -0.2) is 124 Å². The molecule has 0 aliphatic carbocycles. The van der Waals surface area contributed by atoms with Crippen LogP contribution < -0.4 is 9.64 Å². The van der Waals surface area contributed by atoms with Crippen LogP contribution in [0.5, 0.6) is 5.75 Å². The fourth-order valence-electron chi connectivity index (χ4n) is 9.56. The predicted octanol–water partition coefficient (Wildman–Crippen LogP) is 7.66. The van der Waals surface area contributed by atoms with Crippen molar-refractivity contribution in [2.45, 2.75) is 82.1 Å². The van der Waals surface area contributed by atoms with E-state index in [1.165, 1.54) is 18.2 Å². The Hall–Kier alpha value is -6.06. The summed E-state index contributed by atoms with van der Waals surface area (Å²) in [5.41, 5.74) is 6.09. The Labute approximate surface area is 421 Å². The molecule has 4 aliphatic rings. The molecular formula is C53H62N3O14S2+. The first-order valence-corrected chi connectivity index (χ1v) is 26.8. The van der Waals surface area contributed by atoms with Crippen molar-refractivity contribution in [2.75, 3.05) is 63.9 Å². The molecule has 19 heteroatoms. The lowest BCUT2D eigenvalue weighted by atomic mass is 9.75. The molecule has 384 valence electrons. The van der Waals surface area contributed by atoms with Crippen LogP contribution in [0.4, 0.5) is 11.4 Å². The zero-order chi connectivity index (χ0) is 51.8. The summed E-state index contributed by atoms with van der Waals surface area (Å²) in [6.45, 7) is 11.5. The lowest BCUT2D eigenvalue weighted by Crippen LogP contribution is -2.46. The first kappa shape index (κ1) is 53.7. The van der Waals surface area contributed by atoms with Gasteiger partial charge in [-0.2, -0.15) is 21.4 Å². The van der Waals surface area contributed by atoms with Crippen LogP contribution in [-0.2, 0) is 59.1 Å². The van der Waals surface area contributed by atoms with Gasteiger partial charge in [-0.25, -0.2) is 4.79 Å². The number of hydrogen-bond donors (Lipinski definition) is 2. The van der Waals surface area contributed by atoms with E-state index in [4.69, 9.17) is 23.8 Å². The summed E-state index contributed by atoms with van der Waals surface area (Å²) in [6, 6.07) is 18.2.